The van der Waals surface area contributed by atoms with Gasteiger partial charge in [0.1, 0.15) is 0 Å². The van der Waals surface area contributed by atoms with Crippen LogP contribution in [0.2, 0.25) is 0 Å². The molecule has 124 valence electrons. The fraction of sp³-hybridized carbons (Fsp3) is 0.933. The predicted molar refractivity (Wildman–Crippen MR) is 84.8 cm³/mol. The van der Waals surface area contributed by atoms with Gasteiger partial charge in [0.05, 0.1) is 19.3 Å². The predicted octanol–water partition coefficient (Wildman–Crippen LogP) is 1.02. The zero-order chi connectivity index (χ0) is 15.3. The van der Waals surface area contributed by atoms with Gasteiger partial charge in [-0.1, -0.05) is 13.8 Å². The zero-order valence-electron chi connectivity index (χ0n) is 13.7. The number of nitrogens with one attached hydrogen (secondary N) is 2. The van der Waals surface area contributed by atoms with E-state index >= 15 is 0 Å². The van der Waals surface area contributed by atoms with Crippen LogP contribution in [0.3, 0.4) is 0 Å². The molecule has 21 heavy (non-hydrogen) atoms. The monoisotopic (exact) mass is 301 g/mol. The molecule has 2 N–H and O–H groups in total. The number of rotatable bonds is 10. The first-order valence-electron chi connectivity index (χ1n) is 7.94. The van der Waals surface area contributed by atoms with Crippen LogP contribution in [0, 0.1) is 5.92 Å². The molecule has 1 heterocycles. The van der Waals surface area contributed by atoms with Crippen molar-refractivity contribution in [3.05, 3.63) is 0 Å². The van der Waals surface area contributed by atoms with Crippen molar-refractivity contribution in [1.29, 1.82) is 0 Å². The summed E-state index contributed by atoms with van der Waals surface area (Å²) in [6.45, 7) is 9.74. The van der Waals surface area contributed by atoms with Gasteiger partial charge in [-0.3, -0.25) is 4.99 Å². The molecule has 6 heteroatoms. The van der Waals surface area contributed by atoms with Crippen molar-refractivity contribution in [1.82, 2.24) is 10.6 Å². The summed E-state index contributed by atoms with van der Waals surface area (Å²) >= 11 is 0. The third-order valence-electron chi connectivity index (χ3n) is 3.07. The molecule has 0 amide bonds. The molecule has 0 spiro atoms. The minimum absolute atomic E-state index is 0.292. The Bertz CT molecular complexity index is 279. The van der Waals surface area contributed by atoms with E-state index in [0.29, 0.717) is 18.6 Å². The van der Waals surface area contributed by atoms with Crippen molar-refractivity contribution in [2.24, 2.45) is 10.9 Å². The van der Waals surface area contributed by atoms with Crippen molar-refractivity contribution in [3.63, 3.8) is 0 Å². The van der Waals surface area contributed by atoms with Crippen LogP contribution in [0.1, 0.15) is 26.7 Å². The first-order chi connectivity index (χ1) is 10.2. The summed E-state index contributed by atoms with van der Waals surface area (Å²) in [5.41, 5.74) is 0. The SMILES string of the molecule is CN=C(NCCCOC1CCOC1)NCCOCC(C)C. The third-order valence-corrected chi connectivity index (χ3v) is 3.07. The van der Waals surface area contributed by atoms with Crippen molar-refractivity contribution in [2.45, 2.75) is 32.8 Å². The molecule has 6 nitrogen and oxygen atoms in total. The Morgan fingerprint density at radius 1 is 1.29 bits per heavy atom. The molecule has 1 unspecified atom stereocenters. The molecule has 1 aliphatic rings. The van der Waals surface area contributed by atoms with Gasteiger partial charge in [0, 0.05) is 40.0 Å². The van der Waals surface area contributed by atoms with Gasteiger partial charge >= 0.3 is 0 Å². The number of hydrogen-bond donors (Lipinski definition) is 2. The number of aliphatic imine (C=N–C) groups is 1. The van der Waals surface area contributed by atoms with E-state index in [9.17, 15) is 0 Å². The quantitative estimate of drug-likeness (QED) is 0.358. The van der Waals surface area contributed by atoms with Crippen LogP contribution in [0.15, 0.2) is 4.99 Å². The lowest BCUT2D eigenvalue weighted by Crippen LogP contribution is -2.39. The Labute approximate surface area is 128 Å². The molecule has 0 aromatic heterocycles. The molecule has 1 saturated heterocycles. The van der Waals surface area contributed by atoms with E-state index in [1.165, 1.54) is 0 Å². The van der Waals surface area contributed by atoms with Crippen LogP contribution in [-0.2, 0) is 14.2 Å². The van der Waals surface area contributed by atoms with E-state index in [2.05, 4.69) is 29.5 Å². The van der Waals surface area contributed by atoms with E-state index in [1.807, 2.05) is 0 Å². The van der Waals surface area contributed by atoms with E-state index < -0.39 is 0 Å². The normalized spacial score (nSPS) is 19.2. The lowest BCUT2D eigenvalue weighted by Gasteiger charge is -2.13. The van der Waals surface area contributed by atoms with Gasteiger partial charge in [0.15, 0.2) is 5.96 Å². The summed E-state index contributed by atoms with van der Waals surface area (Å²) in [7, 11) is 1.77. The summed E-state index contributed by atoms with van der Waals surface area (Å²) in [4.78, 5) is 4.17. The Morgan fingerprint density at radius 3 is 2.76 bits per heavy atom. The maximum atomic E-state index is 5.71. The molecule has 0 aliphatic carbocycles. The zero-order valence-corrected chi connectivity index (χ0v) is 13.7. The van der Waals surface area contributed by atoms with E-state index in [0.717, 1.165) is 58.3 Å². The second-order valence-electron chi connectivity index (χ2n) is 5.60. The highest BCUT2D eigenvalue weighted by Gasteiger charge is 2.15. The summed E-state index contributed by atoms with van der Waals surface area (Å²) in [5, 5.41) is 6.49. The first kappa shape index (κ1) is 18.2. The smallest absolute Gasteiger partial charge is 0.191 e. The van der Waals surface area contributed by atoms with E-state index in [4.69, 9.17) is 14.2 Å². The minimum Gasteiger partial charge on any atom is -0.379 e. The van der Waals surface area contributed by atoms with E-state index in [-0.39, 0.29) is 0 Å². The lowest BCUT2D eigenvalue weighted by molar-refractivity contribution is 0.0420. The van der Waals surface area contributed by atoms with Gasteiger partial charge in [-0.15, -0.1) is 0 Å². The fourth-order valence-corrected chi connectivity index (χ4v) is 1.95. The van der Waals surface area contributed by atoms with Gasteiger partial charge < -0.3 is 24.8 Å². The second-order valence-corrected chi connectivity index (χ2v) is 5.60. The number of ether oxygens (including phenoxy) is 3. The Kier molecular flexibility index (Phi) is 10.2. The first-order valence-corrected chi connectivity index (χ1v) is 7.94. The van der Waals surface area contributed by atoms with Crippen molar-refractivity contribution >= 4 is 5.96 Å². The molecule has 1 atom stereocenters. The highest BCUT2D eigenvalue weighted by molar-refractivity contribution is 5.79. The molecule has 0 saturated carbocycles. The third kappa shape index (κ3) is 9.66. The summed E-state index contributed by atoms with van der Waals surface area (Å²) in [6, 6.07) is 0. The number of guanidine groups is 1. The highest BCUT2D eigenvalue weighted by atomic mass is 16.5. The average Bonchev–Trinajstić information content (AvgIpc) is 2.97. The van der Waals surface area contributed by atoms with Crippen LogP contribution in [-0.4, -0.2) is 65.2 Å². The Balaban J connectivity index is 1.93. The molecule has 0 bridgehead atoms. The number of hydrogen-bond acceptors (Lipinski definition) is 4. The standard InChI is InChI=1S/C15H31N3O3/c1-13(2)11-20-10-7-18-15(16-3)17-6-4-8-21-14-5-9-19-12-14/h13-14H,4-12H2,1-3H3,(H2,16,17,18). The van der Waals surface area contributed by atoms with Crippen LogP contribution < -0.4 is 10.6 Å². The van der Waals surface area contributed by atoms with Crippen LogP contribution >= 0.6 is 0 Å². The largest absolute Gasteiger partial charge is 0.379 e. The summed E-state index contributed by atoms with van der Waals surface area (Å²) in [6.07, 6.45) is 2.27. The van der Waals surface area contributed by atoms with Gasteiger partial charge in [-0.2, -0.15) is 0 Å². The minimum atomic E-state index is 0.292. The van der Waals surface area contributed by atoms with E-state index in [1.54, 1.807) is 7.05 Å². The van der Waals surface area contributed by atoms with Gasteiger partial charge in [0.25, 0.3) is 0 Å². The maximum absolute atomic E-state index is 5.71. The van der Waals surface area contributed by atoms with Crippen molar-refractivity contribution in [2.75, 3.05) is 53.2 Å². The van der Waals surface area contributed by atoms with Crippen LogP contribution in [0.5, 0.6) is 0 Å². The summed E-state index contributed by atoms with van der Waals surface area (Å²) < 4.78 is 16.5. The molecule has 0 radical (unpaired) electrons. The topological polar surface area (TPSA) is 64.1 Å². The Hall–Kier alpha value is -0.850. The average molecular weight is 301 g/mol. The number of nitrogens with zero attached hydrogens (tertiary/aromatic N) is 1. The van der Waals surface area contributed by atoms with Gasteiger partial charge in [-0.05, 0) is 18.8 Å². The molecule has 1 fully saturated rings. The van der Waals surface area contributed by atoms with Crippen LogP contribution in [0.4, 0.5) is 0 Å². The van der Waals surface area contributed by atoms with Gasteiger partial charge in [-0.25, -0.2) is 0 Å². The van der Waals surface area contributed by atoms with Gasteiger partial charge in [0.2, 0.25) is 0 Å². The molecule has 1 rings (SSSR count). The molecule has 0 aromatic rings. The molecule has 1 aliphatic heterocycles. The molecular weight excluding hydrogens is 270 g/mol. The Morgan fingerprint density at radius 2 is 2.10 bits per heavy atom. The second kappa shape index (κ2) is 11.8. The highest BCUT2D eigenvalue weighted by Crippen LogP contribution is 2.07. The van der Waals surface area contributed by atoms with Crippen molar-refractivity contribution < 1.29 is 14.2 Å². The fourth-order valence-electron chi connectivity index (χ4n) is 1.95. The lowest BCUT2D eigenvalue weighted by atomic mass is 10.2. The maximum Gasteiger partial charge on any atom is 0.191 e. The summed E-state index contributed by atoms with van der Waals surface area (Å²) in [5.74, 6) is 1.39. The molecule has 0 aromatic carbocycles. The van der Waals surface area contributed by atoms with Crippen molar-refractivity contribution in [3.8, 4) is 0 Å². The molecular formula is C15H31N3O3. The van der Waals surface area contributed by atoms with Crippen LogP contribution in [0.25, 0.3) is 0 Å².